The highest BCUT2D eigenvalue weighted by atomic mass is 32.2. The van der Waals surface area contributed by atoms with Crippen molar-refractivity contribution in [2.75, 3.05) is 6.54 Å². The normalized spacial score (nSPS) is 17.0. The number of benzene rings is 1. The van der Waals surface area contributed by atoms with Gasteiger partial charge in [-0.1, -0.05) is 38.3 Å². The van der Waals surface area contributed by atoms with Crippen LogP contribution in [0.5, 0.6) is 0 Å². The van der Waals surface area contributed by atoms with Gasteiger partial charge in [0.05, 0.1) is 0 Å². The van der Waals surface area contributed by atoms with Gasteiger partial charge in [0.25, 0.3) is 0 Å². The molecule has 0 aliphatic heterocycles. The second-order valence-corrected chi connectivity index (χ2v) is 6.20. The fourth-order valence-electron chi connectivity index (χ4n) is 2.43. The zero-order valence-corrected chi connectivity index (χ0v) is 11.9. The Balaban J connectivity index is 2.08. The largest absolute Gasteiger partial charge is 0.313 e. The van der Waals surface area contributed by atoms with Gasteiger partial charge in [0.2, 0.25) is 0 Å². The summed E-state index contributed by atoms with van der Waals surface area (Å²) in [5.74, 6) is -0.0547. The van der Waals surface area contributed by atoms with E-state index in [9.17, 15) is 4.39 Å². The zero-order valence-electron chi connectivity index (χ0n) is 11.0. The van der Waals surface area contributed by atoms with E-state index in [0.717, 1.165) is 23.5 Å². The first kappa shape index (κ1) is 13.9. The first-order valence-electron chi connectivity index (χ1n) is 6.96. The zero-order chi connectivity index (χ0) is 12.8. The number of nitrogens with one attached hydrogen (secondary N) is 1. The van der Waals surface area contributed by atoms with E-state index in [4.69, 9.17) is 0 Å². The van der Waals surface area contributed by atoms with Crippen molar-refractivity contribution in [2.45, 2.75) is 55.7 Å². The van der Waals surface area contributed by atoms with Crippen LogP contribution in [0.1, 0.15) is 44.6 Å². The van der Waals surface area contributed by atoms with Crippen molar-refractivity contribution in [1.82, 2.24) is 5.32 Å². The Morgan fingerprint density at radius 3 is 2.78 bits per heavy atom. The molecule has 1 N–H and O–H groups in total. The molecule has 0 radical (unpaired) electrons. The highest BCUT2D eigenvalue weighted by Gasteiger charge is 2.18. The molecule has 1 aromatic rings. The fourth-order valence-corrected chi connectivity index (χ4v) is 3.81. The summed E-state index contributed by atoms with van der Waals surface area (Å²) in [5.41, 5.74) is 1.10. The maximum absolute atomic E-state index is 14.0. The number of hydrogen-bond donors (Lipinski definition) is 1. The van der Waals surface area contributed by atoms with Gasteiger partial charge in [-0.05, 0) is 31.0 Å². The van der Waals surface area contributed by atoms with Crippen molar-refractivity contribution >= 4 is 11.8 Å². The van der Waals surface area contributed by atoms with Crippen LogP contribution < -0.4 is 5.32 Å². The number of thioether (sulfide) groups is 1. The lowest BCUT2D eigenvalue weighted by Gasteiger charge is -2.22. The molecule has 0 unspecified atom stereocenters. The van der Waals surface area contributed by atoms with Crippen molar-refractivity contribution < 1.29 is 4.39 Å². The van der Waals surface area contributed by atoms with Crippen LogP contribution in [0, 0.1) is 5.82 Å². The maximum Gasteiger partial charge on any atom is 0.137 e. The quantitative estimate of drug-likeness (QED) is 0.850. The molecule has 0 heterocycles. The van der Waals surface area contributed by atoms with Gasteiger partial charge < -0.3 is 5.32 Å². The molecule has 0 amide bonds. The average Bonchev–Trinajstić information content (AvgIpc) is 2.41. The average molecular weight is 267 g/mol. The number of rotatable bonds is 5. The molecule has 0 bridgehead atoms. The highest BCUT2D eigenvalue weighted by molar-refractivity contribution is 8.00. The third kappa shape index (κ3) is 3.72. The van der Waals surface area contributed by atoms with E-state index < -0.39 is 0 Å². The minimum atomic E-state index is -0.0547. The summed E-state index contributed by atoms with van der Waals surface area (Å²) in [4.78, 5) is 0.866. The summed E-state index contributed by atoms with van der Waals surface area (Å²) >= 11 is 1.75. The third-order valence-corrected chi connectivity index (χ3v) is 4.95. The molecule has 0 aromatic heterocycles. The van der Waals surface area contributed by atoms with E-state index in [2.05, 4.69) is 12.2 Å². The van der Waals surface area contributed by atoms with Gasteiger partial charge >= 0.3 is 0 Å². The van der Waals surface area contributed by atoms with Crippen LogP contribution in [-0.2, 0) is 6.54 Å². The lowest BCUT2D eigenvalue weighted by molar-refractivity contribution is 0.514. The van der Waals surface area contributed by atoms with Gasteiger partial charge in [-0.15, -0.1) is 11.8 Å². The number of hydrogen-bond acceptors (Lipinski definition) is 2. The minimum absolute atomic E-state index is 0.0547. The van der Waals surface area contributed by atoms with Gasteiger partial charge in [-0.2, -0.15) is 0 Å². The summed E-state index contributed by atoms with van der Waals surface area (Å²) in [7, 11) is 0. The molecule has 1 fully saturated rings. The van der Waals surface area contributed by atoms with Gasteiger partial charge in [0, 0.05) is 16.7 Å². The standard InChI is InChI=1S/C15H22FNS/c1-2-17-11-12-7-6-10-14(16)15(12)18-13-8-4-3-5-9-13/h6-7,10,13,17H,2-5,8-9,11H2,1H3. The summed E-state index contributed by atoms with van der Waals surface area (Å²) < 4.78 is 14.0. The Hall–Kier alpha value is -0.540. The maximum atomic E-state index is 14.0. The molecular formula is C15H22FNS. The predicted molar refractivity (Wildman–Crippen MR) is 76.5 cm³/mol. The first-order valence-corrected chi connectivity index (χ1v) is 7.84. The second kappa shape index (κ2) is 7.15. The minimum Gasteiger partial charge on any atom is -0.313 e. The predicted octanol–water partition coefficient (Wildman–Crippen LogP) is 4.36. The Labute approximate surface area is 114 Å². The third-order valence-electron chi connectivity index (χ3n) is 3.45. The molecule has 3 heteroatoms. The van der Waals surface area contributed by atoms with Crippen molar-refractivity contribution in [1.29, 1.82) is 0 Å². The van der Waals surface area contributed by atoms with E-state index in [1.807, 2.05) is 12.1 Å². The summed E-state index contributed by atoms with van der Waals surface area (Å²) in [5, 5.41) is 3.90. The monoisotopic (exact) mass is 267 g/mol. The Kier molecular flexibility index (Phi) is 5.51. The van der Waals surface area contributed by atoms with Crippen molar-refractivity contribution in [3.05, 3.63) is 29.6 Å². The van der Waals surface area contributed by atoms with Gasteiger partial charge in [0.15, 0.2) is 0 Å². The van der Waals surface area contributed by atoms with E-state index in [1.165, 1.54) is 32.1 Å². The van der Waals surface area contributed by atoms with Gasteiger partial charge in [0.1, 0.15) is 5.82 Å². The van der Waals surface area contributed by atoms with Crippen molar-refractivity contribution in [3.8, 4) is 0 Å². The molecule has 100 valence electrons. The molecule has 1 aliphatic rings. The van der Waals surface area contributed by atoms with Crippen LogP contribution in [-0.4, -0.2) is 11.8 Å². The Morgan fingerprint density at radius 2 is 2.06 bits per heavy atom. The van der Waals surface area contributed by atoms with E-state index in [-0.39, 0.29) is 5.82 Å². The van der Waals surface area contributed by atoms with Crippen LogP contribution in [0.4, 0.5) is 4.39 Å². The second-order valence-electron chi connectivity index (χ2n) is 4.89. The molecular weight excluding hydrogens is 245 g/mol. The van der Waals surface area contributed by atoms with Crippen molar-refractivity contribution in [2.24, 2.45) is 0 Å². The van der Waals surface area contributed by atoms with Crippen LogP contribution in [0.3, 0.4) is 0 Å². The van der Waals surface area contributed by atoms with Crippen LogP contribution in [0.2, 0.25) is 0 Å². The highest BCUT2D eigenvalue weighted by Crippen LogP contribution is 2.36. The molecule has 2 rings (SSSR count). The van der Waals surface area contributed by atoms with E-state index in [0.29, 0.717) is 5.25 Å². The summed E-state index contributed by atoms with van der Waals surface area (Å²) in [6, 6.07) is 5.43. The SMILES string of the molecule is CCNCc1cccc(F)c1SC1CCCCC1. The Morgan fingerprint density at radius 1 is 1.28 bits per heavy atom. The van der Waals surface area contributed by atoms with Gasteiger partial charge in [-0.3, -0.25) is 0 Å². The van der Waals surface area contributed by atoms with Crippen LogP contribution in [0.15, 0.2) is 23.1 Å². The molecule has 1 aromatic carbocycles. The molecule has 0 saturated heterocycles. The molecule has 1 saturated carbocycles. The Bertz CT molecular complexity index is 375. The van der Waals surface area contributed by atoms with Crippen LogP contribution in [0.25, 0.3) is 0 Å². The lowest BCUT2D eigenvalue weighted by Crippen LogP contribution is -2.14. The van der Waals surface area contributed by atoms with E-state index in [1.54, 1.807) is 17.8 Å². The summed E-state index contributed by atoms with van der Waals surface area (Å²) in [6.45, 7) is 3.76. The number of halogens is 1. The summed E-state index contributed by atoms with van der Waals surface area (Å²) in [6.07, 6.45) is 6.42. The fraction of sp³-hybridized carbons (Fsp3) is 0.600. The molecule has 1 aliphatic carbocycles. The van der Waals surface area contributed by atoms with Crippen LogP contribution >= 0.6 is 11.8 Å². The molecule has 1 nitrogen and oxygen atoms in total. The molecule has 0 atom stereocenters. The van der Waals surface area contributed by atoms with E-state index >= 15 is 0 Å². The molecule has 0 spiro atoms. The topological polar surface area (TPSA) is 12.0 Å². The smallest absolute Gasteiger partial charge is 0.137 e. The van der Waals surface area contributed by atoms with Crippen molar-refractivity contribution in [3.63, 3.8) is 0 Å². The van der Waals surface area contributed by atoms with Gasteiger partial charge in [-0.25, -0.2) is 4.39 Å². The lowest BCUT2D eigenvalue weighted by atomic mass is 10.0. The molecule has 18 heavy (non-hydrogen) atoms. The first-order chi connectivity index (χ1) is 8.81.